The Balaban J connectivity index is 3.39. The molecule has 0 rings (SSSR count). The van der Waals surface area contributed by atoms with Crippen LogP contribution < -0.4 is 5.32 Å². The molecule has 0 fully saturated rings. The third-order valence-corrected chi connectivity index (χ3v) is 3.81. The predicted octanol–water partition coefficient (Wildman–Crippen LogP) is 5.69. The summed E-state index contributed by atoms with van der Waals surface area (Å²) in [6.45, 7) is 7.95. The van der Waals surface area contributed by atoms with Crippen LogP contribution in [-0.4, -0.2) is 12.6 Å². The molecule has 0 radical (unpaired) electrons. The maximum Gasteiger partial charge on any atom is 0.00669 e. The van der Waals surface area contributed by atoms with Crippen molar-refractivity contribution in [2.24, 2.45) is 0 Å². The van der Waals surface area contributed by atoms with Crippen molar-refractivity contribution in [2.45, 2.75) is 104 Å². The molecule has 110 valence electrons. The summed E-state index contributed by atoms with van der Waals surface area (Å²) in [5, 5.41) is 3.65. The van der Waals surface area contributed by atoms with Crippen LogP contribution in [0.1, 0.15) is 97.8 Å². The molecule has 0 bridgehead atoms. The van der Waals surface area contributed by atoms with Crippen molar-refractivity contribution in [1.82, 2.24) is 5.32 Å². The summed E-state index contributed by atoms with van der Waals surface area (Å²) in [4.78, 5) is 0. The third kappa shape index (κ3) is 12.4. The van der Waals surface area contributed by atoms with E-state index in [-0.39, 0.29) is 0 Å². The van der Waals surface area contributed by atoms with Crippen molar-refractivity contribution in [3.05, 3.63) is 0 Å². The Morgan fingerprint density at radius 3 is 1.61 bits per heavy atom. The zero-order valence-electron chi connectivity index (χ0n) is 13.3. The molecule has 0 aromatic carbocycles. The number of rotatable bonds is 14. The lowest BCUT2D eigenvalue weighted by molar-refractivity contribution is 0.423. The van der Waals surface area contributed by atoms with Crippen LogP contribution in [0.25, 0.3) is 0 Å². The topological polar surface area (TPSA) is 12.0 Å². The first-order chi connectivity index (χ1) is 8.85. The highest BCUT2D eigenvalue weighted by Gasteiger charge is 2.06. The fourth-order valence-electron chi connectivity index (χ4n) is 2.63. The van der Waals surface area contributed by atoms with E-state index in [0.29, 0.717) is 0 Å². The molecule has 0 heterocycles. The number of hydrogen-bond acceptors (Lipinski definition) is 1. The summed E-state index contributed by atoms with van der Waals surface area (Å²) >= 11 is 0. The van der Waals surface area contributed by atoms with Gasteiger partial charge in [-0.05, 0) is 19.4 Å². The van der Waals surface area contributed by atoms with Gasteiger partial charge in [0.15, 0.2) is 0 Å². The molecule has 1 atom stereocenters. The van der Waals surface area contributed by atoms with Gasteiger partial charge in [-0.3, -0.25) is 0 Å². The number of nitrogens with one attached hydrogen (secondary N) is 1. The van der Waals surface area contributed by atoms with E-state index in [2.05, 4.69) is 26.1 Å². The summed E-state index contributed by atoms with van der Waals surface area (Å²) < 4.78 is 0. The van der Waals surface area contributed by atoms with Crippen molar-refractivity contribution < 1.29 is 0 Å². The predicted molar refractivity (Wildman–Crippen MR) is 84.2 cm³/mol. The van der Waals surface area contributed by atoms with Crippen LogP contribution in [-0.2, 0) is 0 Å². The first kappa shape index (κ1) is 18.0. The van der Waals surface area contributed by atoms with Gasteiger partial charge in [-0.2, -0.15) is 0 Å². The zero-order valence-corrected chi connectivity index (χ0v) is 13.3. The molecule has 0 aromatic rings. The quantitative estimate of drug-likeness (QED) is 0.393. The molecule has 0 spiro atoms. The van der Waals surface area contributed by atoms with Gasteiger partial charge >= 0.3 is 0 Å². The highest BCUT2D eigenvalue weighted by atomic mass is 14.9. The van der Waals surface area contributed by atoms with E-state index in [0.717, 1.165) is 12.6 Å². The summed E-state index contributed by atoms with van der Waals surface area (Å²) in [6.07, 6.45) is 16.9. The Bertz CT molecular complexity index is 145. The first-order valence-electron chi connectivity index (χ1n) is 8.58. The fraction of sp³-hybridized carbons (Fsp3) is 1.00. The highest BCUT2D eigenvalue weighted by Crippen LogP contribution is 2.13. The van der Waals surface area contributed by atoms with Gasteiger partial charge in [0.25, 0.3) is 0 Å². The molecule has 0 aromatic heterocycles. The van der Waals surface area contributed by atoms with Crippen LogP contribution in [0.3, 0.4) is 0 Å². The molecule has 0 saturated heterocycles. The van der Waals surface area contributed by atoms with Crippen LogP contribution in [0.15, 0.2) is 0 Å². The number of unbranched alkanes of at least 4 members (excludes halogenated alkanes) is 8. The Labute approximate surface area is 116 Å². The second-order valence-electron chi connectivity index (χ2n) is 5.66. The third-order valence-electron chi connectivity index (χ3n) is 3.81. The maximum atomic E-state index is 3.65. The molecular formula is C17H37N. The molecule has 1 N–H and O–H groups in total. The zero-order chi connectivity index (χ0) is 13.5. The fourth-order valence-corrected chi connectivity index (χ4v) is 2.63. The SMILES string of the molecule is CCCCCCCCCC(CCCCC)NCC. The largest absolute Gasteiger partial charge is 0.314 e. The summed E-state index contributed by atoms with van der Waals surface area (Å²) in [5.74, 6) is 0. The standard InChI is InChI=1S/C17H37N/c1-4-7-9-10-11-12-14-16-17(18-6-3)15-13-8-5-2/h17-18H,4-16H2,1-3H3. The molecule has 18 heavy (non-hydrogen) atoms. The Morgan fingerprint density at radius 1 is 0.611 bits per heavy atom. The van der Waals surface area contributed by atoms with Gasteiger partial charge in [0.2, 0.25) is 0 Å². The van der Waals surface area contributed by atoms with Gasteiger partial charge in [0, 0.05) is 6.04 Å². The Kier molecular flexibility index (Phi) is 15.0. The van der Waals surface area contributed by atoms with Crippen molar-refractivity contribution in [3.63, 3.8) is 0 Å². The van der Waals surface area contributed by atoms with Gasteiger partial charge in [-0.25, -0.2) is 0 Å². The monoisotopic (exact) mass is 255 g/mol. The highest BCUT2D eigenvalue weighted by molar-refractivity contribution is 4.66. The van der Waals surface area contributed by atoms with Crippen LogP contribution >= 0.6 is 0 Å². The minimum atomic E-state index is 0.789. The lowest BCUT2D eigenvalue weighted by atomic mass is 10.0. The summed E-state index contributed by atoms with van der Waals surface area (Å²) in [6, 6.07) is 0.789. The van der Waals surface area contributed by atoms with Gasteiger partial charge in [0.1, 0.15) is 0 Å². The van der Waals surface area contributed by atoms with Crippen LogP contribution in [0.4, 0.5) is 0 Å². The lowest BCUT2D eigenvalue weighted by Gasteiger charge is -2.17. The molecule has 0 amide bonds. The van der Waals surface area contributed by atoms with Crippen LogP contribution in [0.5, 0.6) is 0 Å². The van der Waals surface area contributed by atoms with Crippen molar-refractivity contribution in [2.75, 3.05) is 6.54 Å². The summed E-state index contributed by atoms with van der Waals surface area (Å²) in [5.41, 5.74) is 0. The van der Waals surface area contributed by atoms with Crippen molar-refractivity contribution in [1.29, 1.82) is 0 Å². The van der Waals surface area contributed by atoms with E-state index in [1.807, 2.05) is 0 Å². The first-order valence-corrected chi connectivity index (χ1v) is 8.58. The van der Waals surface area contributed by atoms with Crippen LogP contribution in [0, 0.1) is 0 Å². The van der Waals surface area contributed by atoms with E-state index >= 15 is 0 Å². The van der Waals surface area contributed by atoms with E-state index in [9.17, 15) is 0 Å². The van der Waals surface area contributed by atoms with E-state index < -0.39 is 0 Å². The Morgan fingerprint density at radius 2 is 1.06 bits per heavy atom. The molecule has 0 aliphatic heterocycles. The van der Waals surface area contributed by atoms with E-state index in [1.165, 1.54) is 77.0 Å². The molecule has 1 heteroatoms. The molecule has 1 unspecified atom stereocenters. The van der Waals surface area contributed by atoms with E-state index in [4.69, 9.17) is 0 Å². The van der Waals surface area contributed by atoms with Gasteiger partial charge in [0.05, 0.1) is 0 Å². The van der Waals surface area contributed by atoms with Crippen molar-refractivity contribution in [3.8, 4) is 0 Å². The molecule has 0 saturated carbocycles. The van der Waals surface area contributed by atoms with Gasteiger partial charge < -0.3 is 5.32 Å². The van der Waals surface area contributed by atoms with Crippen molar-refractivity contribution >= 4 is 0 Å². The lowest BCUT2D eigenvalue weighted by Crippen LogP contribution is -2.28. The molecular weight excluding hydrogens is 218 g/mol. The molecule has 1 nitrogen and oxygen atoms in total. The second kappa shape index (κ2) is 15.0. The minimum Gasteiger partial charge on any atom is -0.314 e. The van der Waals surface area contributed by atoms with Gasteiger partial charge in [-0.15, -0.1) is 0 Å². The van der Waals surface area contributed by atoms with Gasteiger partial charge in [-0.1, -0.05) is 85.0 Å². The summed E-state index contributed by atoms with van der Waals surface area (Å²) in [7, 11) is 0. The average molecular weight is 255 g/mol. The smallest absolute Gasteiger partial charge is 0.00669 e. The molecule has 0 aliphatic rings. The van der Waals surface area contributed by atoms with E-state index in [1.54, 1.807) is 0 Å². The number of hydrogen-bond donors (Lipinski definition) is 1. The maximum absolute atomic E-state index is 3.65. The second-order valence-corrected chi connectivity index (χ2v) is 5.66. The normalized spacial score (nSPS) is 12.8. The molecule has 0 aliphatic carbocycles. The Hall–Kier alpha value is -0.0400. The minimum absolute atomic E-state index is 0.789. The van der Waals surface area contributed by atoms with Crippen LogP contribution in [0.2, 0.25) is 0 Å². The average Bonchev–Trinajstić information content (AvgIpc) is 2.38.